The Bertz CT molecular complexity index is 399. The van der Waals surface area contributed by atoms with Crippen molar-refractivity contribution in [1.29, 1.82) is 0 Å². The minimum atomic E-state index is -0.494. The summed E-state index contributed by atoms with van der Waals surface area (Å²) in [5.74, 6) is 0.189. The number of alkyl halides is 1. The third kappa shape index (κ3) is 4.29. The second-order valence-electron chi connectivity index (χ2n) is 3.73. The molecule has 0 amide bonds. The van der Waals surface area contributed by atoms with E-state index in [9.17, 15) is 14.5 Å². The van der Waals surface area contributed by atoms with Crippen LogP contribution < -0.4 is 10.1 Å². The molecular formula is C12H17FN2O3. The number of hydrogen-bond donors (Lipinski definition) is 1. The number of rotatable bonds is 8. The second-order valence-corrected chi connectivity index (χ2v) is 3.73. The van der Waals surface area contributed by atoms with Crippen LogP contribution in [0.5, 0.6) is 5.75 Å². The van der Waals surface area contributed by atoms with Crippen molar-refractivity contribution in [2.24, 2.45) is 0 Å². The Kier molecular flexibility index (Phi) is 6.07. The van der Waals surface area contributed by atoms with Crippen molar-refractivity contribution in [2.45, 2.75) is 19.9 Å². The van der Waals surface area contributed by atoms with Gasteiger partial charge in [-0.2, -0.15) is 0 Å². The predicted octanol–water partition coefficient (Wildman–Crippen LogP) is 2.44. The second kappa shape index (κ2) is 7.60. The standard InChI is InChI=1S/C12H17FN2O3/c1-2-14-9-10-4-5-12(18-7-3-6-13)11(8-10)15(16)17/h4-5,8,14H,2-3,6-7,9H2,1H3. The van der Waals surface area contributed by atoms with E-state index >= 15 is 0 Å². The maximum absolute atomic E-state index is 11.9. The van der Waals surface area contributed by atoms with Crippen molar-refractivity contribution >= 4 is 5.69 Å². The number of hydrogen-bond acceptors (Lipinski definition) is 4. The molecule has 1 N–H and O–H groups in total. The quantitative estimate of drug-likeness (QED) is 0.441. The van der Waals surface area contributed by atoms with Gasteiger partial charge >= 0.3 is 5.69 Å². The van der Waals surface area contributed by atoms with Gasteiger partial charge in [0.15, 0.2) is 5.75 Å². The molecule has 0 aromatic heterocycles. The molecule has 0 spiro atoms. The highest BCUT2D eigenvalue weighted by atomic mass is 19.1. The first kappa shape index (κ1) is 14.4. The molecule has 0 aliphatic carbocycles. The van der Waals surface area contributed by atoms with Gasteiger partial charge < -0.3 is 10.1 Å². The van der Waals surface area contributed by atoms with Gasteiger partial charge in [0.2, 0.25) is 0 Å². The van der Waals surface area contributed by atoms with Crippen LogP contribution in [0.3, 0.4) is 0 Å². The Labute approximate surface area is 105 Å². The highest BCUT2D eigenvalue weighted by molar-refractivity contribution is 5.48. The van der Waals surface area contributed by atoms with E-state index in [4.69, 9.17) is 4.74 Å². The fraction of sp³-hybridized carbons (Fsp3) is 0.500. The third-order valence-corrected chi connectivity index (χ3v) is 2.33. The van der Waals surface area contributed by atoms with Crippen LogP contribution in [0.25, 0.3) is 0 Å². The summed E-state index contributed by atoms with van der Waals surface area (Å²) in [4.78, 5) is 10.4. The largest absolute Gasteiger partial charge is 0.487 e. The Balaban J connectivity index is 2.80. The zero-order valence-corrected chi connectivity index (χ0v) is 10.3. The zero-order valence-electron chi connectivity index (χ0n) is 10.3. The van der Waals surface area contributed by atoms with Gasteiger partial charge in [-0.1, -0.05) is 13.0 Å². The van der Waals surface area contributed by atoms with Crippen molar-refractivity contribution < 1.29 is 14.1 Å². The maximum atomic E-state index is 11.9. The number of nitrogens with one attached hydrogen (secondary N) is 1. The first-order valence-electron chi connectivity index (χ1n) is 5.85. The molecule has 0 aliphatic rings. The molecule has 0 aliphatic heterocycles. The summed E-state index contributed by atoms with van der Waals surface area (Å²) in [7, 11) is 0. The maximum Gasteiger partial charge on any atom is 0.311 e. The smallest absolute Gasteiger partial charge is 0.311 e. The normalized spacial score (nSPS) is 10.3. The molecule has 0 radical (unpaired) electrons. The molecule has 0 fully saturated rings. The average Bonchev–Trinajstić information content (AvgIpc) is 2.37. The molecule has 1 aromatic rings. The van der Waals surface area contributed by atoms with Crippen molar-refractivity contribution in [3.05, 3.63) is 33.9 Å². The van der Waals surface area contributed by atoms with Crippen LogP contribution in [0.1, 0.15) is 18.9 Å². The van der Waals surface area contributed by atoms with Gasteiger partial charge in [0, 0.05) is 19.0 Å². The van der Waals surface area contributed by atoms with Gasteiger partial charge in [-0.3, -0.25) is 14.5 Å². The van der Waals surface area contributed by atoms with E-state index in [2.05, 4.69) is 5.32 Å². The molecular weight excluding hydrogens is 239 g/mol. The highest BCUT2D eigenvalue weighted by Gasteiger charge is 2.15. The van der Waals surface area contributed by atoms with E-state index in [0.29, 0.717) is 6.54 Å². The van der Waals surface area contributed by atoms with E-state index in [-0.39, 0.29) is 24.5 Å². The molecule has 18 heavy (non-hydrogen) atoms. The molecule has 0 atom stereocenters. The van der Waals surface area contributed by atoms with Crippen LogP contribution in [-0.4, -0.2) is 24.7 Å². The zero-order chi connectivity index (χ0) is 13.4. The summed E-state index contributed by atoms with van der Waals surface area (Å²) in [6, 6.07) is 4.80. The Morgan fingerprint density at radius 2 is 2.28 bits per heavy atom. The Morgan fingerprint density at radius 1 is 1.50 bits per heavy atom. The first-order chi connectivity index (χ1) is 8.69. The lowest BCUT2D eigenvalue weighted by atomic mass is 10.2. The summed E-state index contributed by atoms with van der Waals surface area (Å²) in [6.45, 7) is 2.98. The van der Waals surface area contributed by atoms with E-state index in [0.717, 1.165) is 12.1 Å². The minimum Gasteiger partial charge on any atom is -0.487 e. The predicted molar refractivity (Wildman–Crippen MR) is 66.6 cm³/mol. The molecule has 100 valence electrons. The summed E-state index contributed by atoms with van der Waals surface area (Å²) in [6.07, 6.45) is 0.232. The van der Waals surface area contributed by atoms with Crippen molar-refractivity contribution in [3.8, 4) is 5.75 Å². The summed E-state index contributed by atoms with van der Waals surface area (Å²) >= 11 is 0. The molecule has 5 nitrogen and oxygen atoms in total. The van der Waals surface area contributed by atoms with Gasteiger partial charge in [-0.15, -0.1) is 0 Å². The van der Waals surface area contributed by atoms with Gasteiger partial charge in [-0.25, -0.2) is 0 Å². The van der Waals surface area contributed by atoms with E-state index in [1.807, 2.05) is 6.92 Å². The average molecular weight is 256 g/mol. The molecule has 6 heteroatoms. The summed E-state index contributed by atoms with van der Waals surface area (Å²) < 4.78 is 17.1. The molecule has 0 heterocycles. The lowest BCUT2D eigenvalue weighted by Gasteiger charge is -2.07. The number of ether oxygens (including phenoxy) is 1. The number of benzene rings is 1. The van der Waals surface area contributed by atoms with E-state index < -0.39 is 11.6 Å². The fourth-order valence-corrected chi connectivity index (χ4v) is 1.44. The van der Waals surface area contributed by atoms with Crippen LogP contribution in [0, 0.1) is 10.1 Å². The number of halogens is 1. The van der Waals surface area contributed by atoms with Gasteiger partial charge in [0.25, 0.3) is 0 Å². The van der Waals surface area contributed by atoms with Gasteiger partial charge in [-0.05, 0) is 18.2 Å². The van der Waals surface area contributed by atoms with Gasteiger partial charge in [0.1, 0.15) is 0 Å². The molecule has 0 unspecified atom stereocenters. The summed E-state index contributed by atoms with van der Waals surface area (Å²) in [5.41, 5.74) is 0.741. The highest BCUT2D eigenvalue weighted by Crippen LogP contribution is 2.28. The number of nitrogens with zero attached hydrogens (tertiary/aromatic N) is 1. The molecule has 0 saturated heterocycles. The number of nitro benzene ring substituents is 1. The van der Waals surface area contributed by atoms with Crippen LogP contribution in [0.15, 0.2) is 18.2 Å². The minimum absolute atomic E-state index is 0.0794. The first-order valence-corrected chi connectivity index (χ1v) is 5.85. The SMILES string of the molecule is CCNCc1ccc(OCCCF)c([N+](=O)[O-])c1. The van der Waals surface area contributed by atoms with Crippen molar-refractivity contribution in [2.75, 3.05) is 19.8 Å². The van der Waals surface area contributed by atoms with Crippen molar-refractivity contribution in [3.63, 3.8) is 0 Å². The van der Waals surface area contributed by atoms with Crippen LogP contribution in [-0.2, 0) is 6.54 Å². The van der Waals surface area contributed by atoms with E-state index in [1.54, 1.807) is 12.1 Å². The summed E-state index contributed by atoms with van der Waals surface area (Å²) in [5, 5.41) is 14.0. The van der Waals surface area contributed by atoms with E-state index in [1.165, 1.54) is 6.07 Å². The number of nitro groups is 1. The fourth-order valence-electron chi connectivity index (χ4n) is 1.44. The lowest BCUT2D eigenvalue weighted by molar-refractivity contribution is -0.385. The topological polar surface area (TPSA) is 64.4 Å². The monoisotopic (exact) mass is 256 g/mol. The Morgan fingerprint density at radius 3 is 2.89 bits per heavy atom. The molecule has 0 bridgehead atoms. The van der Waals surface area contributed by atoms with Crippen LogP contribution in [0.4, 0.5) is 10.1 Å². The molecule has 1 aromatic carbocycles. The Hall–Kier alpha value is -1.69. The molecule has 0 saturated carbocycles. The van der Waals surface area contributed by atoms with Crippen molar-refractivity contribution in [1.82, 2.24) is 5.32 Å². The lowest BCUT2D eigenvalue weighted by Crippen LogP contribution is -2.12. The van der Waals surface area contributed by atoms with Gasteiger partial charge in [0.05, 0.1) is 18.2 Å². The van der Waals surface area contributed by atoms with Crippen LogP contribution in [0.2, 0.25) is 0 Å². The third-order valence-electron chi connectivity index (χ3n) is 2.33. The van der Waals surface area contributed by atoms with Crippen LogP contribution >= 0.6 is 0 Å². The molecule has 1 rings (SSSR count).